The number of nitrogens with one attached hydrogen (secondary N) is 2. The molecule has 1 atom stereocenters. The second kappa shape index (κ2) is 9.87. The molecule has 146 valence electrons. The largest absolute Gasteiger partial charge is 0.496 e. The summed E-state index contributed by atoms with van der Waals surface area (Å²) in [6.45, 7) is 0.792. The molecule has 0 fully saturated rings. The predicted octanol–water partition coefficient (Wildman–Crippen LogP) is 2.94. The second-order valence-corrected chi connectivity index (χ2v) is 6.23. The number of likely N-dealkylation sites (N-methyl/N-ethyl adjacent to an activating group) is 1. The molecule has 0 heterocycles. The molecular weight excluding hydrogens is 350 g/mol. The van der Waals surface area contributed by atoms with Gasteiger partial charge in [-0.2, -0.15) is 0 Å². The van der Waals surface area contributed by atoms with E-state index in [1.54, 1.807) is 33.2 Å². The van der Waals surface area contributed by atoms with Crippen molar-refractivity contribution >= 4 is 5.96 Å². The number of rotatable bonds is 7. The number of aliphatic imine (C=N–C) groups is 1. The molecule has 1 unspecified atom stereocenters. The van der Waals surface area contributed by atoms with Crippen LogP contribution in [0.1, 0.15) is 17.2 Å². The second-order valence-electron chi connectivity index (χ2n) is 6.23. The van der Waals surface area contributed by atoms with E-state index in [9.17, 15) is 8.78 Å². The third-order valence-electron chi connectivity index (χ3n) is 4.28. The molecule has 0 aliphatic carbocycles. The lowest BCUT2D eigenvalue weighted by Gasteiger charge is -2.26. The van der Waals surface area contributed by atoms with Crippen LogP contribution in [-0.2, 0) is 6.54 Å². The van der Waals surface area contributed by atoms with Crippen molar-refractivity contribution in [2.24, 2.45) is 4.99 Å². The summed E-state index contributed by atoms with van der Waals surface area (Å²) in [4.78, 5) is 5.94. The first-order chi connectivity index (χ1) is 13.0. The van der Waals surface area contributed by atoms with Gasteiger partial charge in [0, 0.05) is 31.3 Å². The fraction of sp³-hybridized carbons (Fsp3) is 0.350. The highest BCUT2D eigenvalue weighted by atomic mass is 19.1. The van der Waals surface area contributed by atoms with E-state index < -0.39 is 17.7 Å². The zero-order valence-corrected chi connectivity index (χ0v) is 16.1. The lowest BCUT2D eigenvalue weighted by Crippen LogP contribution is -2.41. The van der Waals surface area contributed by atoms with Gasteiger partial charge in [0.1, 0.15) is 17.4 Å². The average molecular weight is 376 g/mol. The Hall–Kier alpha value is -2.67. The van der Waals surface area contributed by atoms with E-state index in [4.69, 9.17) is 4.74 Å². The fourth-order valence-electron chi connectivity index (χ4n) is 2.81. The van der Waals surface area contributed by atoms with Crippen molar-refractivity contribution in [3.05, 3.63) is 65.2 Å². The molecule has 2 aromatic carbocycles. The monoisotopic (exact) mass is 376 g/mol. The highest BCUT2D eigenvalue weighted by Gasteiger charge is 2.22. The smallest absolute Gasteiger partial charge is 0.191 e. The highest BCUT2D eigenvalue weighted by Crippen LogP contribution is 2.24. The Labute approximate surface area is 159 Å². The Bertz CT molecular complexity index is 760. The van der Waals surface area contributed by atoms with Gasteiger partial charge in [0.15, 0.2) is 5.96 Å². The van der Waals surface area contributed by atoms with E-state index in [-0.39, 0.29) is 12.1 Å². The zero-order valence-electron chi connectivity index (χ0n) is 16.1. The van der Waals surface area contributed by atoms with Gasteiger partial charge in [-0.15, -0.1) is 0 Å². The van der Waals surface area contributed by atoms with Crippen molar-refractivity contribution in [1.29, 1.82) is 0 Å². The maximum Gasteiger partial charge on any atom is 0.191 e. The lowest BCUT2D eigenvalue weighted by atomic mass is 10.0. The van der Waals surface area contributed by atoms with Gasteiger partial charge < -0.3 is 20.3 Å². The van der Waals surface area contributed by atoms with Crippen molar-refractivity contribution in [3.8, 4) is 5.75 Å². The Morgan fingerprint density at radius 2 is 1.74 bits per heavy atom. The van der Waals surface area contributed by atoms with Crippen molar-refractivity contribution in [1.82, 2.24) is 15.5 Å². The van der Waals surface area contributed by atoms with E-state index in [1.807, 2.05) is 24.3 Å². The first-order valence-corrected chi connectivity index (χ1v) is 8.64. The third-order valence-corrected chi connectivity index (χ3v) is 4.28. The number of ether oxygens (including phenoxy) is 1. The fourth-order valence-corrected chi connectivity index (χ4v) is 2.81. The van der Waals surface area contributed by atoms with Crippen LogP contribution in [0.5, 0.6) is 5.75 Å². The first-order valence-electron chi connectivity index (χ1n) is 8.64. The summed E-state index contributed by atoms with van der Waals surface area (Å²) in [6, 6.07) is 11.1. The van der Waals surface area contributed by atoms with Gasteiger partial charge in [-0.1, -0.05) is 24.3 Å². The Morgan fingerprint density at radius 1 is 1.07 bits per heavy atom. The van der Waals surface area contributed by atoms with E-state index in [1.165, 1.54) is 18.2 Å². The SMILES string of the molecule is CN=C(NCc1ccccc1OC)NCC(c1c(F)cccc1F)N(C)C. The van der Waals surface area contributed by atoms with Gasteiger partial charge in [0.25, 0.3) is 0 Å². The number of hydrogen-bond donors (Lipinski definition) is 2. The number of benzene rings is 2. The molecule has 27 heavy (non-hydrogen) atoms. The molecule has 0 aliphatic heterocycles. The van der Waals surface area contributed by atoms with Crippen LogP contribution in [0, 0.1) is 11.6 Å². The summed E-state index contributed by atoms with van der Waals surface area (Å²) in [6.07, 6.45) is 0. The first kappa shape index (κ1) is 20.6. The molecule has 2 N–H and O–H groups in total. The van der Waals surface area contributed by atoms with Crippen LogP contribution >= 0.6 is 0 Å². The van der Waals surface area contributed by atoms with Crippen molar-refractivity contribution in [2.45, 2.75) is 12.6 Å². The average Bonchev–Trinajstić information content (AvgIpc) is 2.66. The number of nitrogens with zero attached hydrogens (tertiary/aromatic N) is 2. The number of methoxy groups -OCH3 is 1. The molecule has 0 saturated heterocycles. The van der Waals surface area contributed by atoms with Crippen LogP contribution < -0.4 is 15.4 Å². The molecule has 0 saturated carbocycles. The van der Waals surface area contributed by atoms with Gasteiger partial charge in [-0.25, -0.2) is 8.78 Å². The minimum absolute atomic E-state index is 0.0372. The van der Waals surface area contributed by atoms with E-state index in [0.29, 0.717) is 12.5 Å². The van der Waals surface area contributed by atoms with Gasteiger partial charge in [-0.05, 0) is 32.3 Å². The number of guanidine groups is 1. The molecule has 0 amide bonds. The van der Waals surface area contributed by atoms with Crippen LogP contribution in [0.25, 0.3) is 0 Å². The Balaban J connectivity index is 2.05. The number of para-hydroxylation sites is 1. The minimum atomic E-state index is -0.563. The summed E-state index contributed by atoms with van der Waals surface area (Å²) >= 11 is 0. The summed E-state index contributed by atoms with van der Waals surface area (Å²) in [7, 11) is 6.83. The zero-order chi connectivity index (χ0) is 19.8. The van der Waals surface area contributed by atoms with Crippen LogP contribution in [-0.4, -0.2) is 45.7 Å². The van der Waals surface area contributed by atoms with Gasteiger partial charge in [0.05, 0.1) is 13.2 Å². The molecule has 7 heteroatoms. The van der Waals surface area contributed by atoms with E-state index in [2.05, 4.69) is 15.6 Å². The molecular formula is C20H26F2N4O. The summed E-state index contributed by atoms with van der Waals surface area (Å²) in [5.41, 5.74) is 1.02. The van der Waals surface area contributed by atoms with Crippen LogP contribution in [0.2, 0.25) is 0 Å². The van der Waals surface area contributed by atoms with Crippen LogP contribution in [0.3, 0.4) is 0 Å². The van der Waals surface area contributed by atoms with Gasteiger partial charge >= 0.3 is 0 Å². The molecule has 0 spiro atoms. The van der Waals surface area contributed by atoms with Gasteiger partial charge in [0.2, 0.25) is 0 Å². The van der Waals surface area contributed by atoms with Crippen molar-refractivity contribution < 1.29 is 13.5 Å². The molecule has 0 aliphatic rings. The maximum absolute atomic E-state index is 14.2. The normalized spacial score (nSPS) is 12.8. The van der Waals surface area contributed by atoms with E-state index >= 15 is 0 Å². The molecule has 2 rings (SSSR count). The topological polar surface area (TPSA) is 48.9 Å². The number of hydrogen-bond acceptors (Lipinski definition) is 3. The number of halogens is 2. The molecule has 5 nitrogen and oxygen atoms in total. The molecule has 0 bridgehead atoms. The third kappa shape index (κ3) is 5.40. The Morgan fingerprint density at radius 3 is 2.33 bits per heavy atom. The summed E-state index contributed by atoms with van der Waals surface area (Å²) < 4.78 is 33.7. The Kier molecular flexibility index (Phi) is 7.55. The summed E-state index contributed by atoms with van der Waals surface area (Å²) in [5, 5.41) is 6.32. The highest BCUT2D eigenvalue weighted by molar-refractivity contribution is 5.79. The molecule has 0 radical (unpaired) electrons. The van der Waals surface area contributed by atoms with E-state index in [0.717, 1.165) is 11.3 Å². The lowest BCUT2D eigenvalue weighted by molar-refractivity contribution is 0.282. The molecule has 2 aromatic rings. The van der Waals surface area contributed by atoms with Crippen LogP contribution in [0.4, 0.5) is 8.78 Å². The predicted molar refractivity (Wildman–Crippen MR) is 104 cm³/mol. The maximum atomic E-state index is 14.2. The summed E-state index contributed by atoms with van der Waals surface area (Å²) in [5.74, 6) is 0.185. The molecule has 0 aromatic heterocycles. The quantitative estimate of drug-likeness (QED) is 0.576. The minimum Gasteiger partial charge on any atom is -0.496 e. The van der Waals surface area contributed by atoms with Crippen LogP contribution in [0.15, 0.2) is 47.5 Å². The standard InChI is InChI=1S/C20H26F2N4O/c1-23-20(24-12-14-8-5-6-11-18(14)27-4)25-13-17(26(2)3)19-15(21)9-7-10-16(19)22/h5-11,17H,12-13H2,1-4H3,(H2,23,24,25). The van der Waals surface area contributed by atoms with Crippen molar-refractivity contribution in [3.63, 3.8) is 0 Å². The van der Waals surface area contributed by atoms with Crippen molar-refractivity contribution in [2.75, 3.05) is 34.8 Å². The van der Waals surface area contributed by atoms with Gasteiger partial charge in [-0.3, -0.25) is 4.99 Å².